The standard InChI is InChI=1S/C22H24ClN3O3/c1-25(14-16-13-17(23)7-8-19(16)28-2)21(27)15-9-11-26(12-10-15)22-24-18-5-3-4-6-20(18)29-22/h3-8,13,15H,9-12,14H2,1-2H3. The summed E-state index contributed by atoms with van der Waals surface area (Å²) in [7, 11) is 3.45. The van der Waals surface area contributed by atoms with Crippen LogP contribution in [0.25, 0.3) is 11.1 Å². The fraction of sp³-hybridized carbons (Fsp3) is 0.364. The van der Waals surface area contributed by atoms with Crippen molar-refractivity contribution in [3.8, 4) is 5.75 Å². The highest BCUT2D eigenvalue weighted by Gasteiger charge is 2.29. The van der Waals surface area contributed by atoms with Crippen LogP contribution in [0.5, 0.6) is 5.75 Å². The maximum atomic E-state index is 13.0. The van der Waals surface area contributed by atoms with Gasteiger partial charge in [-0.3, -0.25) is 4.79 Å². The molecule has 1 aliphatic heterocycles. The van der Waals surface area contributed by atoms with Crippen molar-refractivity contribution in [2.75, 3.05) is 32.1 Å². The molecule has 2 aromatic carbocycles. The van der Waals surface area contributed by atoms with Crippen LogP contribution in [0.4, 0.5) is 6.01 Å². The van der Waals surface area contributed by atoms with Gasteiger partial charge in [-0.1, -0.05) is 23.7 Å². The Kier molecular flexibility index (Phi) is 5.62. The van der Waals surface area contributed by atoms with E-state index < -0.39 is 0 Å². The molecule has 7 heteroatoms. The zero-order valence-corrected chi connectivity index (χ0v) is 17.4. The minimum absolute atomic E-state index is 0.00851. The molecule has 0 N–H and O–H groups in total. The van der Waals surface area contributed by atoms with Gasteiger partial charge >= 0.3 is 0 Å². The lowest BCUT2D eigenvalue weighted by molar-refractivity contribution is -0.135. The average Bonchev–Trinajstić information content (AvgIpc) is 3.18. The number of amides is 1. The molecule has 1 saturated heterocycles. The van der Waals surface area contributed by atoms with E-state index in [0.717, 1.165) is 48.3 Å². The first kappa shape index (κ1) is 19.6. The molecule has 1 amide bonds. The first-order valence-corrected chi connectivity index (χ1v) is 10.1. The number of ether oxygens (including phenoxy) is 1. The van der Waals surface area contributed by atoms with Gasteiger partial charge in [-0.25, -0.2) is 0 Å². The Hall–Kier alpha value is -2.73. The fourth-order valence-corrected chi connectivity index (χ4v) is 4.02. The van der Waals surface area contributed by atoms with Gasteiger partial charge in [0.2, 0.25) is 5.91 Å². The lowest BCUT2D eigenvalue weighted by Crippen LogP contribution is -2.41. The Morgan fingerprint density at radius 1 is 1.28 bits per heavy atom. The van der Waals surface area contributed by atoms with Gasteiger partial charge in [-0.2, -0.15) is 4.98 Å². The molecule has 152 valence electrons. The zero-order valence-electron chi connectivity index (χ0n) is 16.6. The van der Waals surface area contributed by atoms with Crippen LogP contribution in [0.15, 0.2) is 46.9 Å². The van der Waals surface area contributed by atoms with Crippen LogP contribution < -0.4 is 9.64 Å². The van der Waals surface area contributed by atoms with Crippen molar-refractivity contribution in [1.82, 2.24) is 9.88 Å². The number of hydrogen-bond donors (Lipinski definition) is 0. The number of hydrogen-bond acceptors (Lipinski definition) is 5. The summed E-state index contributed by atoms with van der Waals surface area (Å²) in [5.41, 5.74) is 2.55. The number of methoxy groups -OCH3 is 1. The van der Waals surface area contributed by atoms with E-state index in [1.54, 1.807) is 18.1 Å². The first-order valence-electron chi connectivity index (χ1n) is 9.73. The lowest BCUT2D eigenvalue weighted by Gasteiger charge is -2.32. The first-order chi connectivity index (χ1) is 14.0. The number of carbonyl (C=O) groups excluding carboxylic acids is 1. The monoisotopic (exact) mass is 413 g/mol. The smallest absolute Gasteiger partial charge is 0.298 e. The number of para-hydroxylation sites is 2. The maximum absolute atomic E-state index is 13.0. The third-order valence-corrected chi connectivity index (χ3v) is 5.66. The molecule has 3 aromatic rings. The number of nitrogens with zero attached hydrogens (tertiary/aromatic N) is 3. The second kappa shape index (κ2) is 8.33. The normalized spacial score (nSPS) is 14.9. The van der Waals surface area contributed by atoms with E-state index in [9.17, 15) is 4.79 Å². The molecule has 1 aromatic heterocycles. The molecule has 0 bridgehead atoms. The predicted molar refractivity (Wildman–Crippen MR) is 113 cm³/mol. The summed E-state index contributed by atoms with van der Waals surface area (Å²) in [5, 5.41) is 0.633. The number of rotatable bonds is 5. The Balaban J connectivity index is 1.37. The van der Waals surface area contributed by atoms with Gasteiger partial charge in [0.1, 0.15) is 11.3 Å². The Morgan fingerprint density at radius 2 is 2.03 bits per heavy atom. The van der Waals surface area contributed by atoms with Crippen LogP contribution in [-0.2, 0) is 11.3 Å². The molecule has 0 radical (unpaired) electrons. The van der Waals surface area contributed by atoms with Crippen LogP contribution in [-0.4, -0.2) is 43.0 Å². The van der Waals surface area contributed by atoms with Crippen molar-refractivity contribution in [3.05, 3.63) is 53.1 Å². The molecule has 0 spiro atoms. The zero-order chi connectivity index (χ0) is 20.4. The average molecular weight is 414 g/mol. The third kappa shape index (κ3) is 4.17. The van der Waals surface area contributed by atoms with Gasteiger partial charge in [0, 0.05) is 43.2 Å². The number of piperidine rings is 1. The van der Waals surface area contributed by atoms with E-state index in [0.29, 0.717) is 17.6 Å². The molecule has 29 heavy (non-hydrogen) atoms. The van der Waals surface area contributed by atoms with Crippen LogP contribution >= 0.6 is 11.6 Å². The molecule has 0 atom stereocenters. The van der Waals surface area contributed by atoms with Gasteiger partial charge in [0.25, 0.3) is 6.01 Å². The van der Waals surface area contributed by atoms with Crippen molar-refractivity contribution < 1.29 is 13.9 Å². The van der Waals surface area contributed by atoms with Crippen molar-refractivity contribution >= 4 is 34.6 Å². The van der Waals surface area contributed by atoms with Crippen molar-refractivity contribution in [3.63, 3.8) is 0 Å². The summed E-state index contributed by atoms with van der Waals surface area (Å²) < 4.78 is 11.3. The molecule has 1 aliphatic rings. The summed E-state index contributed by atoms with van der Waals surface area (Å²) >= 11 is 6.11. The molecule has 2 heterocycles. The predicted octanol–water partition coefficient (Wildman–Crippen LogP) is 4.36. The number of fused-ring (bicyclic) bond motifs is 1. The van der Waals surface area contributed by atoms with E-state index in [1.807, 2.05) is 43.4 Å². The summed E-state index contributed by atoms with van der Waals surface area (Å²) in [6.07, 6.45) is 1.54. The number of anilines is 1. The van der Waals surface area contributed by atoms with Gasteiger partial charge in [-0.05, 0) is 43.2 Å². The van der Waals surface area contributed by atoms with Crippen LogP contribution in [0, 0.1) is 5.92 Å². The van der Waals surface area contributed by atoms with Crippen LogP contribution in [0.2, 0.25) is 5.02 Å². The molecular formula is C22H24ClN3O3. The Labute approximate surface area is 175 Å². The largest absolute Gasteiger partial charge is 0.496 e. The number of carbonyl (C=O) groups is 1. The minimum Gasteiger partial charge on any atom is -0.496 e. The van der Waals surface area contributed by atoms with E-state index in [2.05, 4.69) is 9.88 Å². The summed E-state index contributed by atoms with van der Waals surface area (Å²) in [6, 6.07) is 13.8. The maximum Gasteiger partial charge on any atom is 0.298 e. The summed E-state index contributed by atoms with van der Waals surface area (Å²) in [5.74, 6) is 0.870. The van der Waals surface area contributed by atoms with Crippen LogP contribution in [0.1, 0.15) is 18.4 Å². The van der Waals surface area contributed by atoms with Crippen molar-refractivity contribution in [2.45, 2.75) is 19.4 Å². The van der Waals surface area contributed by atoms with Crippen LogP contribution in [0.3, 0.4) is 0 Å². The number of benzene rings is 2. The molecular weight excluding hydrogens is 390 g/mol. The van der Waals surface area contributed by atoms with E-state index >= 15 is 0 Å². The number of aromatic nitrogens is 1. The number of oxazole rings is 1. The highest BCUT2D eigenvalue weighted by atomic mass is 35.5. The molecule has 4 rings (SSSR count). The molecule has 0 saturated carbocycles. The molecule has 0 unspecified atom stereocenters. The van der Waals surface area contributed by atoms with E-state index in [1.165, 1.54) is 0 Å². The Morgan fingerprint density at radius 3 is 2.76 bits per heavy atom. The molecule has 0 aliphatic carbocycles. The molecule has 1 fully saturated rings. The highest BCUT2D eigenvalue weighted by Crippen LogP contribution is 2.28. The second-order valence-corrected chi connectivity index (χ2v) is 7.81. The summed E-state index contributed by atoms with van der Waals surface area (Å²) in [4.78, 5) is 21.4. The van der Waals surface area contributed by atoms with Gasteiger partial charge < -0.3 is 19.0 Å². The quantitative estimate of drug-likeness (QED) is 0.621. The second-order valence-electron chi connectivity index (χ2n) is 7.38. The Bertz CT molecular complexity index is 978. The van der Waals surface area contributed by atoms with Gasteiger partial charge in [0.15, 0.2) is 5.58 Å². The van der Waals surface area contributed by atoms with Crippen molar-refractivity contribution in [2.24, 2.45) is 5.92 Å². The SMILES string of the molecule is COc1ccc(Cl)cc1CN(C)C(=O)C1CCN(c2nc3ccccc3o2)CC1. The van der Waals surface area contributed by atoms with Gasteiger partial charge in [0.05, 0.1) is 7.11 Å². The fourth-order valence-electron chi connectivity index (χ4n) is 3.83. The highest BCUT2D eigenvalue weighted by molar-refractivity contribution is 6.30. The van der Waals surface area contributed by atoms with Gasteiger partial charge in [-0.15, -0.1) is 0 Å². The minimum atomic E-state index is -0.00851. The lowest BCUT2D eigenvalue weighted by atomic mass is 9.95. The number of halogens is 1. The van der Waals surface area contributed by atoms with E-state index in [-0.39, 0.29) is 11.8 Å². The molecule has 6 nitrogen and oxygen atoms in total. The third-order valence-electron chi connectivity index (χ3n) is 5.42. The summed E-state index contributed by atoms with van der Waals surface area (Å²) in [6.45, 7) is 1.96. The topological polar surface area (TPSA) is 58.8 Å². The van der Waals surface area contributed by atoms with E-state index in [4.69, 9.17) is 20.8 Å². The van der Waals surface area contributed by atoms with Crippen molar-refractivity contribution in [1.29, 1.82) is 0 Å².